The van der Waals surface area contributed by atoms with E-state index < -0.39 is 0 Å². The zero-order valence-electron chi connectivity index (χ0n) is 11.0. The molecule has 0 aromatic heterocycles. The summed E-state index contributed by atoms with van der Waals surface area (Å²) >= 11 is 1.15. The van der Waals surface area contributed by atoms with Crippen molar-refractivity contribution in [2.24, 2.45) is 5.14 Å². The minimum Gasteiger partial charge on any atom is -0.329 e. The number of hydrogen-bond donors (Lipinski definition) is 1. The molecule has 2 rings (SSSR count). The van der Waals surface area contributed by atoms with Gasteiger partial charge in [0.15, 0.2) is 5.78 Å². The number of rotatable bonds is 4. The van der Waals surface area contributed by atoms with Crippen LogP contribution in [0.15, 0.2) is 29.2 Å². The number of amides is 1. The minimum atomic E-state index is -0.235. The van der Waals surface area contributed by atoms with Gasteiger partial charge in [-0.2, -0.15) is 0 Å². The summed E-state index contributed by atoms with van der Waals surface area (Å²) in [5, 5.41) is 5.45. The molecular weight excluding hydrogens is 260 g/mol. The van der Waals surface area contributed by atoms with Gasteiger partial charge in [-0.3, -0.25) is 14.7 Å². The predicted octanol–water partition coefficient (Wildman–Crippen LogP) is 2.24. The molecule has 0 aliphatic carbocycles. The van der Waals surface area contributed by atoms with Gasteiger partial charge in [-0.25, -0.2) is 0 Å². The highest BCUT2D eigenvalue weighted by molar-refractivity contribution is 7.97. The summed E-state index contributed by atoms with van der Waals surface area (Å²) in [6, 6.07) is 6.95. The number of benzene rings is 1. The van der Waals surface area contributed by atoms with E-state index in [0.29, 0.717) is 18.5 Å². The molecule has 0 saturated carbocycles. The lowest BCUT2D eigenvalue weighted by molar-refractivity contribution is -0.122. The molecule has 102 valence electrons. The number of likely N-dealkylation sites (tertiary alicyclic amines) is 1. The highest BCUT2D eigenvalue weighted by atomic mass is 32.2. The van der Waals surface area contributed by atoms with Crippen LogP contribution in [-0.4, -0.2) is 29.2 Å². The Morgan fingerprint density at radius 2 is 2.05 bits per heavy atom. The van der Waals surface area contributed by atoms with Crippen LogP contribution < -0.4 is 5.14 Å². The van der Waals surface area contributed by atoms with Crippen LogP contribution in [0, 0.1) is 0 Å². The van der Waals surface area contributed by atoms with Gasteiger partial charge in [-0.05, 0) is 49.1 Å². The summed E-state index contributed by atoms with van der Waals surface area (Å²) < 4.78 is 0. The Morgan fingerprint density at radius 3 is 2.63 bits per heavy atom. The molecule has 2 N–H and O–H groups in total. The molecule has 0 unspecified atom stereocenters. The average Bonchev–Trinajstić information content (AvgIpc) is 2.95. The van der Waals surface area contributed by atoms with Gasteiger partial charge in [0.25, 0.3) is 5.91 Å². The van der Waals surface area contributed by atoms with Crippen LogP contribution in [0.4, 0.5) is 0 Å². The standard InChI is InChI=1S/C14H18N2O2S/c1-2-13(17)12-4-3-9-16(12)14(18)10-5-7-11(19-15)8-6-10/h5-8,12H,2-4,9,15H2,1H3/t12-/m0/s1. The largest absolute Gasteiger partial charge is 0.329 e. The van der Waals surface area contributed by atoms with Crippen LogP contribution in [0.5, 0.6) is 0 Å². The lowest BCUT2D eigenvalue weighted by Gasteiger charge is -2.23. The normalized spacial score (nSPS) is 18.6. The SMILES string of the molecule is CCC(=O)[C@@H]1CCCN1C(=O)c1ccc(SN)cc1. The number of carbonyl (C=O) groups is 2. The fourth-order valence-corrected chi connectivity index (χ4v) is 2.72. The van der Waals surface area contributed by atoms with E-state index in [0.717, 1.165) is 29.7 Å². The van der Waals surface area contributed by atoms with Gasteiger partial charge in [0.1, 0.15) is 0 Å². The van der Waals surface area contributed by atoms with E-state index in [1.165, 1.54) is 0 Å². The van der Waals surface area contributed by atoms with E-state index in [9.17, 15) is 9.59 Å². The molecule has 1 heterocycles. The second-order valence-corrected chi connectivity index (χ2v) is 5.33. The van der Waals surface area contributed by atoms with Crippen LogP contribution in [0.25, 0.3) is 0 Å². The lowest BCUT2D eigenvalue weighted by atomic mass is 10.1. The monoisotopic (exact) mass is 278 g/mol. The molecule has 1 amide bonds. The number of Topliss-reactive ketones (excluding diaryl/α,β-unsaturated/α-hetero) is 1. The Bertz CT molecular complexity index is 473. The van der Waals surface area contributed by atoms with E-state index >= 15 is 0 Å². The summed E-state index contributed by atoms with van der Waals surface area (Å²) in [4.78, 5) is 26.9. The lowest BCUT2D eigenvalue weighted by Crippen LogP contribution is -2.40. The number of carbonyl (C=O) groups excluding carboxylic acids is 2. The second-order valence-electron chi connectivity index (χ2n) is 4.62. The van der Waals surface area contributed by atoms with E-state index in [-0.39, 0.29) is 17.7 Å². The summed E-state index contributed by atoms with van der Waals surface area (Å²) in [5.41, 5.74) is 0.619. The Balaban J connectivity index is 2.15. The van der Waals surface area contributed by atoms with Crippen molar-refractivity contribution >= 4 is 23.6 Å². The third kappa shape index (κ3) is 2.98. The van der Waals surface area contributed by atoms with Crippen LogP contribution in [-0.2, 0) is 4.79 Å². The third-order valence-electron chi connectivity index (χ3n) is 3.47. The zero-order chi connectivity index (χ0) is 13.8. The highest BCUT2D eigenvalue weighted by Gasteiger charge is 2.33. The first-order valence-electron chi connectivity index (χ1n) is 6.48. The van der Waals surface area contributed by atoms with Gasteiger partial charge in [0.05, 0.1) is 6.04 Å². The fraction of sp³-hybridized carbons (Fsp3) is 0.429. The summed E-state index contributed by atoms with van der Waals surface area (Å²) in [6.45, 7) is 2.51. The summed E-state index contributed by atoms with van der Waals surface area (Å²) in [5.74, 6) is 0.0952. The number of hydrogen-bond acceptors (Lipinski definition) is 4. The van der Waals surface area contributed by atoms with Crippen LogP contribution >= 0.6 is 11.9 Å². The molecule has 0 bridgehead atoms. The van der Waals surface area contributed by atoms with Gasteiger partial charge in [-0.15, -0.1) is 0 Å². The molecule has 0 radical (unpaired) electrons. The maximum atomic E-state index is 12.4. The van der Waals surface area contributed by atoms with Crippen LogP contribution in [0.2, 0.25) is 0 Å². The highest BCUT2D eigenvalue weighted by Crippen LogP contribution is 2.22. The predicted molar refractivity (Wildman–Crippen MR) is 75.8 cm³/mol. The number of ketones is 1. The summed E-state index contributed by atoms with van der Waals surface area (Å²) in [6.07, 6.45) is 2.17. The molecule has 1 aliphatic heterocycles. The molecular formula is C14H18N2O2S. The Hall–Kier alpha value is -1.33. The third-order valence-corrected chi connectivity index (χ3v) is 4.02. The van der Waals surface area contributed by atoms with Crippen molar-refractivity contribution in [1.82, 2.24) is 4.90 Å². The molecule has 1 aliphatic rings. The molecule has 5 heteroatoms. The van der Waals surface area contributed by atoms with E-state index in [1.54, 1.807) is 17.0 Å². The van der Waals surface area contributed by atoms with Crippen molar-refractivity contribution in [1.29, 1.82) is 0 Å². The van der Waals surface area contributed by atoms with E-state index in [1.807, 2.05) is 19.1 Å². The van der Waals surface area contributed by atoms with E-state index in [2.05, 4.69) is 0 Å². The van der Waals surface area contributed by atoms with Gasteiger partial charge < -0.3 is 4.90 Å². The Morgan fingerprint density at radius 1 is 1.37 bits per heavy atom. The first kappa shape index (κ1) is 14.1. The topological polar surface area (TPSA) is 63.4 Å². The molecule has 1 fully saturated rings. The first-order chi connectivity index (χ1) is 9.17. The van der Waals surface area contributed by atoms with Gasteiger partial charge in [0, 0.05) is 23.4 Å². The van der Waals surface area contributed by atoms with Gasteiger partial charge in [0.2, 0.25) is 0 Å². The quantitative estimate of drug-likeness (QED) is 0.858. The maximum Gasteiger partial charge on any atom is 0.254 e. The molecule has 4 nitrogen and oxygen atoms in total. The van der Waals surface area contributed by atoms with Gasteiger partial charge in [-0.1, -0.05) is 6.92 Å². The molecule has 1 aromatic carbocycles. The average molecular weight is 278 g/mol. The van der Waals surface area contributed by atoms with Crippen LogP contribution in [0.3, 0.4) is 0 Å². The van der Waals surface area contributed by atoms with Crippen molar-refractivity contribution in [2.75, 3.05) is 6.54 Å². The molecule has 0 spiro atoms. The van der Waals surface area contributed by atoms with E-state index in [4.69, 9.17) is 5.14 Å². The molecule has 1 saturated heterocycles. The Labute approximate surface area is 117 Å². The summed E-state index contributed by atoms with van der Waals surface area (Å²) in [7, 11) is 0. The minimum absolute atomic E-state index is 0.0575. The fourth-order valence-electron chi connectivity index (χ4n) is 2.42. The second kappa shape index (κ2) is 6.21. The molecule has 19 heavy (non-hydrogen) atoms. The first-order valence-corrected chi connectivity index (χ1v) is 7.35. The van der Waals surface area contributed by atoms with Crippen molar-refractivity contribution in [3.05, 3.63) is 29.8 Å². The van der Waals surface area contributed by atoms with Gasteiger partial charge >= 0.3 is 0 Å². The zero-order valence-corrected chi connectivity index (χ0v) is 11.8. The maximum absolute atomic E-state index is 12.4. The number of nitrogens with two attached hydrogens (primary N) is 1. The Kier molecular flexibility index (Phi) is 4.61. The van der Waals surface area contributed by atoms with Crippen molar-refractivity contribution in [3.8, 4) is 0 Å². The van der Waals surface area contributed by atoms with Crippen molar-refractivity contribution in [2.45, 2.75) is 37.1 Å². The van der Waals surface area contributed by atoms with Crippen LogP contribution in [0.1, 0.15) is 36.5 Å². The molecule has 1 atom stereocenters. The van der Waals surface area contributed by atoms with Crippen molar-refractivity contribution < 1.29 is 9.59 Å². The number of nitrogens with zero attached hydrogens (tertiary/aromatic N) is 1. The van der Waals surface area contributed by atoms with Crippen molar-refractivity contribution in [3.63, 3.8) is 0 Å². The smallest absolute Gasteiger partial charge is 0.254 e. The molecule has 1 aromatic rings.